The van der Waals surface area contributed by atoms with E-state index in [-0.39, 0.29) is 28.9 Å². The van der Waals surface area contributed by atoms with Crippen molar-refractivity contribution in [1.29, 1.82) is 0 Å². The molecule has 168 valence electrons. The second-order valence-corrected chi connectivity index (χ2v) is 7.85. The molecule has 11 heteroatoms. The minimum absolute atomic E-state index is 0.0403. The van der Waals surface area contributed by atoms with Crippen LogP contribution in [0.1, 0.15) is 27.9 Å². The van der Waals surface area contributed by atoms with Crippen LogP contribution < -0.4 is 21.1 Å². The van der Waals surface area contributed by atoms with E-state index < -0.39 is 11.9 Å². The first-order valence-corrected chi connectivity index (χ1v) is 10.7. The number of halogens is 1. The lowest BCUT2D eigenvalue weighted by atomic mass is 10.1. The molecular formula is C20H26FN5O4S. The van der Waals surface area contributed by atoms with Crippen molar-refractivity contribution in [2.45, 2.75) is 20.0 Å². The molecule has 1 aliphatic heterocycles. The molecule has 9 nitrogen and oxygen atoms in total. The van der Waals surface area contributed by atoms with Crippen LogP contribution in [-0.4, -0.2) is 60.6 Å². The van der Waals surface area contributed by atoms with Gasteiger partial charge in [0.05, 0.1) is 13.2 Å². The standard InChI is InChI=1S/C20H26FN5O4S/c1-13-4-2-5-14(16(13)21)12-30-18-15(17(22)27)19(31-25-18)24-20(28)23-6-3-7-26-8-10-29-11-9-26/h2,4-5H,3,6-12H2,1H3,(H2,22,27)(H2,23,24,28). The zero-order chi connectivity index (χ0) is 22.2. The Bertz CT molecular complexity index is 917. The number of urea groups is 1. The number of carbonyl (C=O) groups excluding carboxylic acids is 2. The van der Waals surface area contributed by atoms with Crippen LogP contribution in [0.5, 0.6) is 5.88 Å². The molecule has 0 unspecified atom stereocenters. The number of ether oxygens (including phenoxy) is 2. The zero-order valence-electron chi connectivity index (χ0n) is 17.3. The first-order chi connectivity index (χ1) is 15.0. The highest BCUT2D eigenvalue weighted by molar-refractivity contribution is 7.11. The third-order valence-electron chi connectivity index (χ3n) is 4.81. The molecule has 2 heterocycles. The topological polar surface area (TPSA) is 119 Å². The Labute approximate surface area is 183 Å². The summed E-state index contributed by atoms with van der Waals surface area (Å²) in [6.45, 7) is 6.12. The predicted octanol–water partition coefficient (Wildman–Crippen LogP) is 2.11. The van der Waals surface area contributed by atoms with E-state index in [1.807, 2.05) is 0 Å². The van der Waals surface area contributed by atoms with Crippen molar-refractivity contribution >= 4 is 28.5 Å². The number of aryl methyl sites for hydroxylation is 1. The number of hydrogen-bond donors (Lipinski definition) is 3. The minimum Gasteiger partial charge on any atom is -0.471 e. The van der Waals surface area contributed by atoms with Gasteiger partial charge in [0.25, 0.3) is 5.91 Å². The Morgan fingerprint density at radius 3 is 2.87 bits per heavy atom. The summed E-state index contributed by atoms with van der Waals surface area (Å²) in [5, 5.41) is 5.51. The minimum atomic E-state index is -0.795. The van der Waals surface area contributed by atoms with Crippen molar-refractivity contribution in [2.24, 2.45) is 5.73 Å². The fraction of sp³-hybridized carbons (Fsp3) is 0.450. The number of anilines is 1. The lowest BCUT2D eigenvalue weighted by Gasteiger charge is -2.26. The molecule has 31 heavy (non-hydrogen) atoms. The van der Waals surface area contributed by atoms with Gasteiger partial charge in [-0.1, -0.05) is 18.2 Å². The SMILES string of the molecule is Cc1cccc(COc2nsc(NC(=O)NCCCN3CCOCC3)c2C(N)=O)c1F. The van der Waals surface area contributed by atoms with Crippen molar-refractivity contribution in [3.05, 3.63) is 40.7 Å². The summed E-state index contributed by atoms with van der Waals surface area (Å²) in [6.07, 6.45) is 0.787. The monoisotopic (exact) mass is 451 g/mol. The molecule has 3 rings (SSSR count). The molecule has 0 saturated carbocycles. The Balaban J connectivity index is 1.52. The van der Waals surface area contributed by atoms with Gasteiger partial charge in [-0.15, -0.1) is 0 Å². The number of rotatable bonds is 9. The fourth-order valence-corrected chi connectivity index (χ4v) is 3.85. The van der Waals surface area contributed by atoms with Crippen molar-refractivity contribution in [3.8, 4) is 5.88 Å². The van der Waals surface area contributed by atoms with Crippen LogP contribution in [0.4, 0.5) is 14.2 Å². The molecule has 1 aromatic carbocycles. The molecular weight excluding hydrogens is 425 g/mol. The van der Waals surface area contributed by atoms with Crippen LogP contribution in [0, 0.1) is 12.7 Å². The van der Waals surface area contributed by atoms with Crippen molar-refractivity contribution < 1.29 is 23.5 Å². The van der Waals surface area contributed by atoms with Gasteiger partial charge < -0.3 is 20.5 Å². The summed E-state index contributed by atoms with van der Waals surface area (Å²) in [7, 11) is 0. The Kier molecular flexibility index (Phi) is 8.15. The smallest absolute Gasteiger partial charge is 0.319 e. The lowest BCUT2D eigenvalue weighted by Crippen LogP contribution is -2.38. The molecule has 0 radical (unpaired) electrons. The first-order valence-electron chi connectivity index (χ1n) is 9.97. The number of nitrogens with one attached hydrogen (secondary N) is 2. The number of morpholine rings is 1. The number of hydrogen-bond acceptors (Lipinski definition) is 7. The molecule has 0 bridgehead atoms. The quantitative estimate of drug-likeness (QED) is 0.503. The van der Waals surface area contributed by atoms with E-state index in [1.54, 1.807) is 25.1 Å². The Hall–Kier alpha value is -2.76. The van der Waals surface area contributed by atoms with Crippen molar-refractivity contribution in [3.63, 3.8) is 0 Å². The van der Waals surface area contributed by atoms with Gasteiger partial charge in [-0.25, -0.2) is 9.18 Å². The number of benzene rings is 1. The first kappa shape index (κ1) is 22.9. The summed E-state index contributed by atoms with van der Waals surface area (Å²) in [6, 6.07) is 4.48. The number of nitrogens with two attached hydrogens (primary N) is 1. The molecule has 0 spiro atoms. The van der Waals surface area contributed by atoms with E-state index >= 15 is 0 Å². The number of primary amides is 1. The van der Waals surface area contributed by atoms with Crippen LogP contribution >= 0.6 is 11.5 Å². The van der Waals surface area contributed by atoms with E-state index in [1.165, 1.54) is 0 Å². The fourth-order valence-electron chi connectivity index (χ4n) is 3.12. The van der Waals surface area contributed by atoms with Gasteiger partial charge in [0.15, 0.2) is 0 Å². The maximum absolute atomic E-state index is 14.1. The van der Waals surface area contributed by atoms with Crippen LogP contribution in [0.25, 0.3) is 0 Å². The lowest BCUT2D eigenvalue weighted by molar-refractivity contribution is 0.0375. The van der Waals surface area contributed by atoms with Gasteiger partial charge in [-0.3, -0.25) is 15.0 Å². The Morgan fingerprint density at radius 2 is 2.13 bits per heavy atom. The maximum atomic E-state index is 14.1. The Morgan fingerprint density at radius 1 is 1.35 bits per heavy atom. The predicted molar refractivity (Wildman–Crippen MR) is 115 cm³/mol. The number of amides is 3. The maximum Gasteiger partial charge on any atom is 0.319 e. The van der Waals surface area contributed by atoms with Crippen LogP contribution in [0.2, 0.25) is 0 Å². The molecule has 1 fully saturated rings. The summed E-state index contributed by atoms with van der Waals surface area (Å²) in [5.74, 6) is -1.22. The third kappa shape index (κ3) is 6.36. The normalized spacial score (nSPS) is 14.3. The number of carbonyl (C=O) groups is 2. The summed E-state index contributed by atoms with van der Waals surface area (Å²) >= 11 is 0.874. The summed E-state index contributed by atoms with van der Waals surface area (Å²) in [4.78, 5) is 26.4. The van der Waals surface area contributed by atoms with Gasteiger partial charge >= 0.3 is 6.03 Å². The molecule has 0 aliphatic carbocycles. The van der Waals surface area contributed by atoms with E-state index in [0.29, 0.717) is 17.7 Å². The zero-order valence-corrected chi connectivity index (χ0v) is 18.1. The molecule has 2 aromatic rings. The average Bonchev–Trinajstić information content (AvgIpc) is 3.15. The highest BCUT2D eigenvalue weighted by atomic mass is 32.1. The van der Waals surface area contributed by atoms with Crippen LogP contribution in [0.15, 0.2) is 18.2 Å². The van der Waals surface area contributed by atoms with Gasteiger partial charge in [-0.05, 0) is 37.0 Å². The molecule has 1 aromatic heterocycles. The van der Waals surface area contributed by atoms with Gasteiger partial charge in [0, 0.05) is 25.2 Å². The van der Waals surface area contributed by atoms with Crippen LogP contribution in [-0.2, 0) is 11.3 Å². The molecule has 0 atom stereocenters. The molecule has 4 N–H and O–H groups in total. The summed E-state index contributed by atoms with van der Waals surface area (Å²) < 4.78 is 29.0. The van der Waals surface area contributed by atoms with Crippen molar-refractivity contribution in [2.75, 3.05) is 44.7 Å². The van der Waals surface area contributed by atoms with Gasteiger partial charge in [-0.2, -0.15) is 4.37 Å². The summed E-state index contributed by atoms with van der Waals surface area (Å²) in [5.41, 5.74) is 6.23. The van der Waals surface area contributed by atoms with E-state index in [2.05, 4.69) is 19.9 Å². The highest BCUT2D eigenvalue weighted by Gasteiger charge is 2.22. The largest absolute Gasteiger partial charge is 0.471 e. The number of aromatic nitrogens is 1. The van der Waals surface area contributed by atoms with E-state index in [4.69, 9.17) is 15.2 Å². The molecule has 1 saturated heterocycles. The molecule has 1 aliphatic rings. The molecule has 3 amide bonds. The third-order valence-corrected chi connectivity index (χ3v) is 5.56. The van der Waals surface area contributed by atoms with E-state index in [9.17, 15) is 14.0 Å². The second kappa shape index (κ2) is 11.0. The van der Waals surface area contributed by atoms with Crippen LogP contribution in [0.3, 0.4) is 0 Å². The van der Waals surface area contributed by atoms with Crippen molar-refractivity contribution in [1.82, 2.24) is 14.6 Å². The second-order valence-electron chi connectivity index (χ2n) is 7.08. The highest BCUT2D eigenvalue weighted by Crippen LogP contribution is 2.31. The van der Waals surface area contributed by atoms with E-state index in [0.717, 1.165) is 50.8 Å². The number of nitrogens with zero attached hydrogens (tertiary/aromatic N) is 2. The van der Waals surface area contributed by atoms with Gasteiger partial charge in [0.1, 0.15) is 23.0 Å². The van der Waals surface area contributed by atoms with Gasteiger partial charge in [0.2, 0.25) is 5.88 Å². The average molecular weight is 452 g/mol.